The molecule has 1 aliphatic rings. The zero-order chi connectivity index (χ0) is 12.9. The van der Waals surface area contributed by atoms with Crippen LogP contribution in [0.25, 0.3) is 0 Å². The van der Waals surface area contributed by atoms with E-state index >= 15 is 0 Å². The van der Waals surface area contributed by atoms with Gasteiger partial charge in [0, 0.05) is 0 Å². The van der Waals surface area contributed by atoms with Crippen molar-refractivity contribution in [2.75, 3.05) is 13.1 Å². The molecule has 1 saturated heterocycles. The molecule has 0 aromatic carbocycles. The van der Waals surface area contributed by atoms with E-state index in [0.717, 1.165) is 32.4 Å². The summed E-state index contributed by atoms with van der Waals surface area (Å²) < 4.78 is 5.57. The van der Waals surface area contributed by atoms with E-state index in [1.54, 1.807) is 0 Å². The molecule has 98 valence electrons. The van der Waals surface area contributed by atoms with Crippen LogP contribution in [0.15, 0.2) is 12.7 Å². The van der Waals surface area contributed by atoms with Crippen LogP contribution in [-0.4, -0.2) is 24.7 Å². The van der Waals surface area contributed by atoms with Crippen molar-refractivity contribution in [1.29, 1.82) is 0 Å². The summed E-state index contributed by atoms with van der Waals surface area (Å²) in [5.41, 5.74) is -0.774. The van der Waals surface area contributed by atoms with Crippen LogP contribution in [0.2, 0.25) is 0 Å². The predicted molar refractivity (Wildman–Crippen MR) is 69.8 cm³/mol. The van der Waals surface area contributed by atoms with Crippen LogP contribution in [-0.2, 0) is 9.53 Å². The molecule has 1 rings (SSSR count). The second kappa shape index (κ2) is 5.67. The smallest absolute Gasteiger partial charge is 0.312 e. The summed E-state index contributed by atoms with van der Waals surface area (Å²) in [5, 5.41) is 3.34. The molecule has 1 fully saturated rings. The first-order valence-electron chi connectivity index (χ1n) is 6.45. The van der Waals surface area contributed by atoms with Crippen molar-refractivity contribution in [3.05, 3.63) is 12.7 Å². The minimum atomic E-state index is -0.412. The van der Waals surface area contributed by atoms with Crippen molar-refractivity contribution in [3.8, 4) is 0 Å². The molecule has 17 heavy (non-hydrogen) atoms. The quantitative estimate of drug-likeness (QED) is 0.608. The highest BCUT2D eigenvalue weighted by Crippen LogP contribution is 2.36. The van der Waals surface area contributed by atoms with E-state index < -0.39 is 5.60 Å². The predicted octanol–water partition coefficient (Wildman–Crippen LogP) is 2.66. The molecule has 1 N–H and O–H groups in total. The van der Waals surface area contributed by atoms with Crippen LogP contribution in [0, 0.1) is 5.41 Å². The lowest BCUT2D eigenvalue weighted by atomic mass is 9.77. The number of esters is 1. The standard InChI is InChI=1S/C14H25NO2/c1-5-7-14(8-6-10-15-11-9-14)12(16)17-13(2,3)4/h5,15H,1,6-11H2,2-4H3. The summed E-state index contributed by atoms with van der Waals surface area (Å²) in [5.74, 6) is -0.0615. The van der Waals surface area contributed by atoms with E-state index in [4.69, 9.17) is 4.74 Å². The van der Waals surface area contributed by atoms with E-state index in [0.29, 0.717) is 6.42 Å². The van der Waals surface area contributed by atoms with E-state index in [1.165, 1.54) is 0 Å². The lowest BCUT2D eigenvalue weighted by Crippen LogP contribution is -2.38. The van der Waals surface area contributed by atoms with Crippen LogP contribution in [0.4, 0.5) is 0 Å². The molecule has 3 heteroatoms. The second-order valence-electron chi connectivity index (χ2n) is 5.88. The third-order valence-corrected chi connectivity index (χ3v) is 3.16. The zero-order valence-electron chi connectivity index (χ0n) is 11.3. The molecule has 1 aliphatic heterocycles. The molecule has 3 nitrogen and oxygen atoms in total. The fourth-order valence-corrected chi connectivity index (χ4v) is 2.28. The van der Waals surface area contributed by atoms with Gasteiger partial charge in [-0.2, -0.15) is 0 Å². The molecule has 0 aromatic heterocycles. The number of rotatable bonds is 3. The highest BCUT2D eigenvalue weighted by Gasteiger charge is 2.40. The number of nitrogens with one attached hydrogen (secondary N) is 1. The van der Waals surface area contributed by atoms with Gasteiger partial charge in [0.2, 0.25) is 0 Å². The monoisotopic (exact) mass is 239 g/mol. The highest BCUT2D eigenvalue weighted by molar-refractivity contribution is 5.77. The average molecular weight is 239 g/mol. The largest absolute Gasteiger partial charge is 0.460 e. The van der Waals surface area contributed by atoms with Gasteiger partial charge < -0.3 is 10.1 Å². The Morgan fingerprint density at radius 3 is 2.71 bits per heavy atom. The number of ether oxygens (including phenoxy) is 1. The van der Waals surface area contributed by atoms with Gasteiger partial charge in [-0.15, -0.1) is 6.58 Å². The Hall–Kier alpha value is -0.830. The Morgan fingerprint density at radius 2 is 2.12 bits per heavy atom. The van der Waals surface area contributed by atoms with E-state index in [9.17, 15) is 4.79 Å². The van der Waals surface area contributed by atoms with Crippen LogP contribution in [0.1, 0.15) is 46.5 Å². The molecular weight excluding hydrogens is 214 g/mol. The van der Waals surface area contributed by atoms with E-state index in [1.807, 2.05) is 26.8 Å². The topological polar surface area (TPSA) is 38.3 Å². The van der Waals surface area contributed by atoms with Crippen molar-refractivity contribution in [1.82, 2.24) is 5.32 Å². The maximum absolute atomic E-state index is 12.4. The molecule has 1 atom stereocenters. The van der Waals surface area contributed by atoms with Gasteiger partial charge in [0.1, 0.15) is 5.60 Å². The summed E-state index contributed by atoms with van der Waals surface area (Å²) in [4.78, 5) is 12.4. The molecule has 0 radical (unpaired) electrons. The highest BCUT2D eigenvalue weighted by atomic mass is 16.6. The minimum Gasteiger partial charge on any atom is -0.460 e. The van der Waals surface area contributed by atoms with Gasteiger partial charge in [-0.3, -0.25) is 4.79 Å². The Labute approximate surface area is 105 Å². The number of carbonyl (C=O) groups excluding carboxylic acids is 1. The van der Waals surface area contributed by atoms with Crippen LogP contribution in [0.5, 0.6) is 0 Å². The normalized spacial score (nSPS) is 26.1. The van der Waals surface area contributed by atoms with Gasteiger partial charge in [-0.25, -0.2) is 0 Å². The maximum Gasteiger partial charge on any atom is 0.312 e. The first kappa shape index (κ1) is 14.2. The molecule has 1 heterocycles. The lowest BCUT2D eigenvalue weighted by Gasteiger charge is -2.32. The Balaban J connectivity index is 2.81. The number of hydrogen-bond donors (Lipinski definition) is 1. The fourth-order valence-electron chi connectivity index (χ4n) is 2.28. The molecule has 0 aromatic rings. The van der Waals surface area contributed by atoms with Crippen molar-refractivity contribution < 1.29 is 9.53 Å². The van der Waals surface area contributed by atoms with Crippen LogP contribution < -0.4 is 5.32 Å². The number of carbonyl (C=O) groups is 1. The van der Waals surface area contributed by atoms with Gasteiger partial charge in [-0.1, -0.05) is 6.08 Å². The summed E-state index contributed by atoms with van der Waals surface area (Å²) >= 11 is 0. The van der Waals surface area contributed by atoms with Gasteiger partial charge in [0.25, 0.3) is 0 Å². The minimum absolute atomic E-state index is 0.0615. The molecule has 0 saturated carbocycles. The molecule has 0 amide bonds. The number of hydrogen-bond acceptors (Lipinski definition) is 3. The second-order valence-corrected chi connectivity index (χ2v) is 5.88. The first-order chi connectivity index (χ1) is 7.90. The molecular formula is C14H25NO2. The third kappa shape index (κ3) is 4.15. The Morgan fingerprint density at radius 1 is 1.41 bits per heavy atom. The molecule has 0 spiro atoms. The lowest BCUT2D eigenvalue weighted by molar-refractivity contribution is -0.168. The third-order valence-electron chi connectivity index (χ3n) is 3.16. The average Bonchev–Trinajstić information content (AvgIpc) is 2.42. The SMILES string of the molecule is C=CCC1(C(=O)OC(C)(C)C)CCCNCC1. The van der Waals surface area contributed by atoms with Crippen molar-refractivity contribution in [2.24, 2.45) is 5.41 Å². The maximum atomic E-state index is 12.4. The van der Waals surface area contributed by atoms with Crippen LogP contribution >= 0.6 is 0 Å². The van der Waals surface area contributed by atoms with Crippen LogP contribution in [0.3, 0.4) is 0 Å². The van der Waals surface area contributed by atoms with E-state index in [2.05, 4.69) is 11.9 Å². The Kier molecular flexibility index (Phi) is 4.75. The Bertz CT molecular complexity index is 270. The van der Waals surface area contributed by atoms with E-state index in [-0.39, 0.29) is 11.4 Å². The van der Waals surface area contributed by atoms with Crippen molar-refractivity contribution in [2.45, 2.75) is 52.1 Å². The van der Waals surface area contributed by atoms with Crippen molar-refractivity contribution in [3.63, 3.8) is 0 Å². The molecule has 0 bridgehead atoms. The summed E-state index contributed by atoms with van der Waals surface area (Å²) in [6.07, 6.45) is 5.31. The first-order valence-corrected chi connectivity index (χ1v) is 6.45. The van der Waals surface area contributed by atoms with Gasteiger partial charge >= 0.3 is 5.97 Å². The van der Waals surface area contributed by atoms with Gasteiger partial charge in [-0.05, 0) is 59.5 Å². The van der Waals surface area contributed by atoms with Gasteiger partial charge in [0.15, 0.2) is 0 Å². The van der Waals surface area contributed by atoms with Gasteiger partial charge in [0.05, 0.1) is 5.41 Å². The summed E-state index contributed by atoms with van der Waals surface area (Å²) in [6.45, 7) is 11.4. The van der Waals surface area contributed by atoms with Crippen molar-refractivity contribution >= 4 is 5.97 Å². The summed E-state index contributed by atoms with van der Waals surface area (Å²) in [6, 6.07) is 0. The molecule has 0 aliphatic carbocycles. The zero-order valence-corrected chi connectivity index (χ0v) is 11.3. The fraction of sp³-hybridized carbons (Fsp3) is 0.786. The molecule has 1 unspecified atom stereocenters. The number of allylic oxidation sites excluding steroid dienone is 1. The summed E-state index contributed by atoms with van der Waals surface area (Å²) in [7, 11) is 0.